The van der Waals surface area contributed by atoms with Crippen molar-refractivity contribution in [1.82, 2.24) is 19.9 Å². The SMILES string of the molecule is NCc1sccc1-c1ncnc2nc[nH]c12. The van der Waals surface area contributed by atoms with Crippen molar-refractivity contribution in [3.63, 3.8) is 0 Å². The first kappa shape index (κ1) is 9.44. The second-order valence-corrected chi connectivity index (χ2v) is 4.29. The lowest BCUT2D eigenvalue weighted by Crippen LogP contribution is -1.96. The Morgan fingerprint density at radius 2 is 2.25 bits per heavy atom. The first-order chi connectivity index (χ1) is 7.90. The van der Waals surface area contributed by atoms with Gasteiger partial charge in [-0.25, -0.2) is 15.0 Å². The molecule has 16 heavy (non-hydrogen) atoms. The molecule has 0 spiro atoms. The second-order valence-electron chi connectivity index (χ2n) is 3.28. The van der Waals surface area contributed by atoms with Gasteiger partial charge in [0.05, 0.1) is 6.33 Å². The maximum atomic E-state index is 5.69. The summed E-state index contributed by atoms with van der Waals surface area (Å²) in [5.41, 5.74) is 9.15. The van der Waals surface area contributed by atoms with Crippen LogP contribution in [0.15, 0.2) is 24.1 Å². The number of nitrogens with one attached hydrogen (secondary N) is 1. The molecule has 0 aliphatic carbocycles. The fraction of sp³-hybridized carbons (Fsp3) is 0.100. The van der Waals surface area contributed by atoms with Gasteiger partial charge in [0.15, 0.2) is 5.65 Å². The highest BCUT2D eigenvalue weighted by Crippen LogP contribution is 2.29. The second kappa shape index (κ2) is 3.66. The van der Waals surface area contributed by atoms with Gasteiger partial charge in [-0.1, -0.05) is 0 Å². The fourth-order valence-corrected chi connectivity index (χ4v) is 2.44. The van der Waals surface area contributed by atoms with Gasteiger partial charge in [0, 0.05) is 17.0 Å². The van der Waals surface area contributed by atoms with Crippen molar-refractivity contribution in [3.8, 4) is 11.3 Å². The lowest BCUT2D eigenvalue weighted by molar-refractivity contribution is 1.10. The number of aromatic amines is 1. The summed E-state index contributed by atoms with van der Waals surface area (Å²) in [5, 5.41) is 2.02. The molecule has 0 aliphatic rings. The summed E-state index contributed by atoms with van der Waals surface area (Å²) < 4.78 is 0. The highest BCUT2D eigenvalue weighted by molar-refractivity contribution is 7.10. The molecule has 0 fully saturated rings. The monoisotopic (exact) mass is 231 g/mol. The number of H-pyrrole nitrogens is 1. The minimum atomic E-state index is 0.520. The summed E-state index contributed by atoms with van der Waals surface area (Å²) in [4.78, 5) is 16.7. The third-order valence-electron chi connectivity index (χ3n) is 2.41. The molecule has 6 heteroatoms. The topological polar surface area (TPSA) is 80.5 Å². The molecule has 5 nitrogen and oxygen atoms in total. The van der Waals surface area contributed by atoms with Crippen LogP contribution in [0.25, 0.3) is 22.4 Å². The lowest BCUT2D eigenvalue weighted by atomic mass is 10.1. The molecule has 3 rings (SSSR count). The standard InChI is InChI=1S/C10H9N5S/c11-3-7-6(1-2-16-7)8-9-10(14-4-12-8)15-5-13-9/h1-2,4-5H,3,11H2,(H,12,13,14,15). The molecule has 0 aromatic carbocycles. The van der Waals surface area contributed by atoms with Crippen LogP contribution >= 0.6 is 11.3 Å². The maximum Gasteiger partial charge on any atom is 0.181 e. The van der Waals surface area contributed by atoms with Crippen molar-refractivity contribution in [3.05, 3.63) is 29.0 Å². The van der Waals surface area contributed by atoms with Crippen molar-refractivity contribution in [2.45, 2.75) is 6.54 Å². The van der Waals surface area contributed by atoms with E-state index in [1.165, 1.54) is 6.33 Å². The molecule has 0 amide bonds. The fourth-order valence-electron chi connectivity index (χ4n) is 1.68. The lowest BCUT2D eigenvalue weighted by Gasteiger charge is -2.01. The van der Waals surface area contributed by atoms with Crippen LogP contribution in [0.4, 0.5) is 0 Å². The smallest absolute Gasteiger partial charge is 0.181 e. The van der Waals surface area contributed by atoms with E-state index in [1.807, 2.05) is 11.4 Å². The Hall–Kier alpha value is -1.79. The van der Waals surface area contributed by atoms with Crippen LogP contribution in [-0.2, 0) is 6.54 Å². The molecular formula is C10H9N5S. The molecule has 3 aromatic heterocycles. The largest absolute Gasteiger partial charge is 0.341 e. The van der Waals surface area contributed by atoms with E-state index in [2.05, 4.69) is 19.9 Å². The Labute approximate surface area is 95.4 Å². The summed E-state index contributed by atoms with van der Waals surface area (Å²) in [6.45, 7) is 0.520. The molecule has 3 N–H and O–H groups in total. The van der Waals surface area contributed by atoms with Gasteiger partial charge in [0.25, 0.3) is 0 Å². The average molecular weight is 231 g/mol. The molecule has 0 aliphatic heterocycles. The summed E-state index contributed by atoms with van der Waals surface area (Å²) in [5.74, 6) is 0. The molecule has 0 radical (unpaired) electrons. The molecule has 3 aromatic rings. The summed E-state index contributed by atoms with van der Waals surface area (Å²) >= 11 is 1.64. The van der Waals surface area contributed by atoms with Gasteiger partial charge < -0.3 is 10.7 Å². The zero-order valence-electron chi connectivity index (χ0n) is 8.34. The third-order valence-corrected chi connectivity index (χ3v) is 3.35. The third kappa shape index (κ3) is 1.31. The molecule has 0 unspecified atom stereocenters. The average Bonchev–Trinajstić information content (AvgIpc) is 2.96. The molecular weight excluding hydrogens is 222 g/mol. The van der Waals surface area contributed by atoms with E-state index in [4.69, 9.17) is 5.73 Å². The Balaban J connectivity index is 2.29. The summed E-state index contributed by atoms with van der Waals surface area (Å²) in [7, 11) is 0. The van der Waals surface area contributed by atoms with Gasteiger partial charge in [-0.15, -0.1) is 11.3 Å². The molecule has 0 bridgehead atoms. The van der Waals surface area contributed by atoms with Crippen molar-refractivity contribution < 1.29 is 0 Å². The van der Waals surface area contributed by atoms with Crippen molar-refractivity contribution in [2.75, 3.05) is 0 Å². The van der Waals surface area contributed by atoms with Crippen LogP contribution < -0.4 is 5.73 Å². The Bertz CT molecular complexity index is 627. The van der Waals surface area contributed by atoms with E-state index in [0.717, 1.165) is 21.7 Å². The molecule has 3 heterocycles. The van der Waals surface area contributed by atoms with Gasteiger partial charge in [0.2, 0.25) is 0 Å². The number of thiophene rings is 1. The molecule has 0 atom stereocenters. The van der Waals surface area contributed by atoms with E-state index in [9.17, 15) is 0 Å². The van der Waals surface area contributed by atoms with Crippen molar-refractivity contribution >= 4 is 22.5 Å². The van der Waals surface area contributed by atoms with Crippen molar-refractivity contribution in [1.29, 1.82) is 0 Å². The molecule has 80 valence electrons. The van der Waals surface area contributed by atoms with Gasteiger partial charge >= 0.3 is 0 Å². The van der Waals surface area contributed by atoms with Crippen LogP contribution in [-0.4, -0.2) is 19.9 Å². The van der Waals surface area contributed by atoms with E-state index in [1.54, 1.807) is 17.7 Å². The minimum Gasteiger partial charge on any atom is -0.341 e. The Kier molecular flexibility index (Phi) is 2.16. The number of nitrogens with zero attached hydrogens (tertiary/aromatic N) is 3. The number of imidazole rings is 1. The highest BCUT2D eigenvalue weighted by atomic mass is 32.1. The van der Waals surface area contributed by atoms with Crippen molar-refractivity contribution in [2.24, 2.45) is 5.73 Å². The van der Waals surface area contributed by atoms with E-state index >= 15 is 0 Å². The normalized spacial score (nSPS) is 11.1. The van der Waals surface area contributed by atoms with Gasteiger partial charge in [-0.3, -0.25) is 0 Å². The van der Waals surface area contributed by atoms with Crippen LogP contribution in [0.2, 0.25) is 0 Å². The zero-order chi connectivity index (χ0) is 11.0. The quantitative estimate of drug-likeness (QED) is 0.701. The summed E-state index contributed by atoms with van der Waals surface area (Å²) in [6.07, 6.45) is 3.15. The number of hydrogen-bond acceptors (Lipinski definition) is 5. The van der Waals surface area contributed by atoms with E-state index in [-0.39, 0.29) is 0 Å². The highest BCUT2D eigenvalue weighted by Gasteiger charge is 2.12. The number of aromatic nitrogens is 4. The molecule has 0 saturated carbocycles. The van der Waals surface area contributed by atoms with Crippen LogP contribution in [0.1, 0.15) is 4.88 Å². The first-order valence-corrected chi connectivity index (χ1v) is 5.69. The number of fused-ring (bicyclic) bond motifs is 1. The van der Waals surface area contributed by atoms with Gasteiger partial charge in [0.1, 0.15) is 17.5 Å². The summed E-state index contributed by atoms with van der Waals surface area (Å²) in [6, 6.07) is 2.02. The minimum absolute atomic E-state index is 0.520. The molecule has 0 saturated heterocycles. The van der Waals surface area contributed by atoms with Crippen LogP contribution in [0, 0.1) is 0 Å². The van der Waals surface area contributed by atoms with Gasteiger partial charge in [-0.05, 0) is 11.4 Å². The van der Waals surface area contributed by atoms with Gasteiger partial charge in [-0.2, -0.15) is 0 Å². The Morgan fingerprint density at radius 3 is 3.12 bits per heavy atom. The Morgan fingerprint density at radius 1 is 1.31 bits per heavy atom. The number of hydrogen-bond donors (Lipinski definition) is 2. The van der Waals surface area contributed by atoms with E-state index in [0.29, 0.717) is 12.2 Å². The predicted molar refractivity (Wildman–Crippen MR) is 62.9 cm³/mol. The number of nitrogens with two attached hydrogens (primary N) is 1. The zero-order valence-corrected chi connectivity index (χ0v) is 9.16. The van der Waals surface area contributed by atoms with E-state index < -0.39 is 0 Å². The first-order valence-electron chi connectivity index (χ1n) is 4.81. The number of rotatable bonds is 2. The van der Waals surface area contributed by atoms with Crippen LogP contribution in [0.5, 0.6) is 0 Å². The van der Waals surface area contributed by atoms with Crippen LogP contribution in [0.3, 0.4) is 0 Å². The predicted octanol–water partition coefficient (Wildman–Crippen LogP) is 1.54. The maximum absolute atomic E-state index is 5.69.